The average molecular weight is 385 g/mol. The van der Waals surface area contributed by atoms with E-state index in [0.29, 0.717) is 5.56 Å². The summed E-state index contributed by atoms with van der Waals surface area (Å²) < 4.78 is 5.72. The molecule has 1 saturated heterocycles. The second-order valence-electron chi connectivity index (χ2n) is 6.20. The maximum atomic E-state index is 12.5. The zero-order valence-electron chi connectivity index (χ0n) is 14.9. The minimum atomic E-state index is -0.401. The van der Waals surface area contributed by atoms with Gasteiger partial charge in [-0.15, -0.1) is 0 Å². The van der Waals surface area contributed by atoms with Crippen LogP contribution in [-0.2, 0) is 4.79 Å². The first-order chi connectivity index (χ1) is 12.8. The van der Waals surface area contributed by atoms with E-state index in [2.05, 4.69) is 0 Å². The highest BCUT2D eigenvalue weighted by Gasteiger charge is 2.34. The Hall–Kier alpha value is -2.93. The van der Waals surface area contributed by atoms with E-state index in [1.54, 1.807) is 6.07 Å². The van der Waals surface area contributed by atoms with Gasteiger partial charge in [0.05, 0.1) is 11.4 Å². The number of imide groups is 1. The first-order valence-corrected chi connectivity index (χ1v) is 9.14. The fraction of sp³-hybridized carbons (Fsp3) is 0.200. The van der Waals surface area contributed by atoms with Gasteiger partial charge in [0, 0.05) is 0 Å². The van der Waals surface area contributed by atoms with Crippen LogP contribution in [0.5, 0.6) is 17.2 Å². The molecule has 0 spiro atoms. The van der Waals surface area contributed by atoms with Crippen molar-refractivity contribution in [3.63, 3.8) is 0 Å². The highest BCUT2D eigenvalue weighted by atomic mass is 32.2. The lowest BCUT2D eigenvalue weighted by Crippen LogP contribution is -2.32. The van der Waals surface area contributed by atoms with Crippen LogP contribution in [0, 0.1) is 13.8 Å². The number of thioether (sulfide) groups is 1. The molecule has 1 fully saturated rings. The van der Waals surface area contributed by atoms with E-state index in [4.69, 9.17) is 4.74 Å². The van der Waals surface area contributed by atoms with Gasteiger partial charge in [0.25, 0.3) is 11.1 Å². The molecule has 0 bridgehead atoms. The summed E-state index contributed by atoms with van der Waals surface area (Å²) in [5.41, 5.74) is 2.58. The van der Waals surface area contributed by atoms with Crippen LogP contribution in [0.2, 0.25) is 0 Å². The molecule has 7 heteroatoms. The van der Waals surface area contributed by atoms with E-state index in [0.717, 1.165) is 33.5 Å². The molecule has 27 heavy (non-hydrogen) atoms. The Balaban J connectivity index is 1.66. The fourth-order valence-corrected chi connectivity index (χ4v) is 3.45. The zero-order chi connectivity index (χ0) is 19.6. The Morgan fingerprint density at radius 1 is 1.07 bits per heavy atom. The van der Waals surface area contributed by atoms with Gasteiger partial charge in [0.15, 0.2) is 11.5 Å². The van der Waals surface area contributed by atoms with E-state index in [-0.39, 0.29) is 34.8 Å². The van der Waals surface area contributed by atoms with Crippen LogP contribution in [0.4, 0.5) is 4.79 Å². The van der Waals surface area contributed by atoms with Gasteiger partial charge in [0.1, 0.15) is 12.4 Å². The lowest BCUT2D eigenvalue weighted by Gasteiger charge is -2.14. The molecule has 3 rings (SSSR count). The minimum absolute atomic E-state index is 0.149. The topological polar surface area (TPSA) is 87.1 Å². The second-order valence-corrected chi connectivity index (χ2v) is 7.19. The lowest BCUT2D eigenvalue weighted by atomic mass is 10.1. The first-order valence-electron chi connectivity index (χ1n) is 8.32. The smallest absolute Gasteiger partial charge is 0.293 e. The van der Waals surface area contributed by atoms with Gasteiger partial charge in [-0.1, -0.05) is 18.2 Å². The van der Waals surface area contributed by atoms with Crippen molar-refractivity contribution < 1.29 is 24.5 Å². The summed E-state index contributed by atoms with van der Waals surface area (Å²) in [6.45, 7) is 4.26. The predicted octanol–water partition coefficient (Wildman–Crippen LogP) is 3.83. The number of aryl methyl sites for hydroxylation is 2. The number of aromatic hydroxyl groups is 2. The molecule has 140 valence electrons. The van der Waals surface area contributed by atoms with Crippen LogP contribution in [0.1, 0.15) is 16.7 Å². The van der Waals surface area contributed by atoms with Crippen molar-refractivity contribution in [3.8, 4) is 17.2 Å². The molecule has 2 aromatic carbocycles. The Morgan fingerprint density at radius 2 is 1.85 bits per heavy atom. The number of nitrogens with zero attached hydrogens (tertiary/aromatic N) is 1. The van der Waals surface area contributed by atoms with Crippen LogP contribution in [-0.4, -0.2) is 39.4 Å². The Bertz CT molecular complexity index is 938. The van der Waals surface area contributed by atoms with Gasteiger partial charge in [0.2, 0.25) is 0 Å². The number of rotatable bonds is 5. The third-order valence-corrected chi connectivity index (χ3v) is 4.99. The molecule has 6 nitrogen and oxygen atoms in total. The molecule has 1 heterocycles. The molecule has 2 amide bonds. The highest BCUT2D eigenvalue weighted by Crippen LogP contribution is 2.33. The standard InChI is InChI=1S/C20H19NO5S/c1-12-3-4-13(2)17(9-12)26-8-7-21-19(24)18(27-20(21)25)11-14-5-6-15(22)16(23)10-14/h3-6,9-11,22-23H,7-8H2,1-2H3/b18-11-. The number of hydrogen-bond donors (Lipinski definition) is 2. The molecule has 1 aliphatic heterocycles. The number of amides is 2. The maximum absolute atomic E-state index is 12.5. The quantitative estimate of drug-likeness (QED) is 0.601. The number of carbonyl (C=O) groups excluding carboxylic acids is 2. The summed E-state index contributed by atoms with van der Waals surface area (Å²) in [6.07, 6.45) is 1.51. The summed E-state index contributed by atoms with van der Waals surface area (Å²) in [5, 5.41) is 18.5. The monoisotopic (exact) mass is 385 g/mol. The van der Waals surface area contributed by atoms with E-state index < -0.39 is 5.91 Å². The van der Waals surface area contributed by atoms with Crippen LogP contribution < -0.4 is 4.74 Å². The number of phenols is 2. The van der Waals surface area contributed by atoms with Crippen molar-refractivity contribution in [1.82, 2.24) is 4.90 Å². The molecule has 0 saturated carbocycles. The lowest BCUT2D eigenvalue weighted by molar-refractivity contribution is -0.123. The molecule has 2 N–H and O–H groups in total. The molecule has 0 aromatic heterocycles. The molecule has 0 unspecified atom stereocenters. The number of ether oxygens (including phenoxy) is 1. The van der Waals surface area contributed by atoms with E-state index in [1.807, 2.05) is 32.0 Å². The molecule has 0 atom stereocenters. The first kappa shape index (κ1) is 18.8. The zero-order valence-corrected chi connectivity index (χ0v) is 15.7. The van der Waals surface area contributed by atoms with Crippen molar-refractivity contribution in [3.05, 3.63) is 58.0 Å². The van der Waals surface area contributed by atoms with Gasteiger partial charge in [-0.05, 0) is 66.6 Å². The molecule has 2 aromatic rings. The van der Waals surface area contributed by atoms with E-state index in [9.17, 15) is 19.8 Å². The van der Waals surface area contributed by atoms with Crippen LogP contribution >= 0.6 is 11.8 Å². The molecule has 0 aliphatic carbocycles. The van der Waals surface area contributed by atoms with E-state index >= 15 is 0 Å². The van der Waals surface area contributed by atoms with Gasteiger partial charge >= 0.3 is 0 Å². The number of carbonyl (C=O) groups is 2. The third kappa shape index (κ3) is 4.25. The van der Waals surface area contributed by atoms with Crippen LogP contribution in [0.25, 0.3) is 6.08 Å². The second kappa shape index (κ2) is 7.75. The van der Waals surface area contributed by atoms with Gasteiger partial charge < -0.3 is 14.9 Å². The Labute approximate surface area is 161 Å². The van der Waals surface area contributed by atoms with Gasteiger partial charge in [-0.25, -0.2) is 0 Å². The fourth-order valence-electron chi connectivity index (χ4n) is 2.58. The number of benzene rings is 2. The normalized spacial score (nSPS) is 15.6. The van der Waals surface area contributed by atoms with E-state index in [1.165, 1.54) is 18.2 Å². The predicted molar refractivity (Wildman–Crippen MR) is 104 cm³/mol. The van der Waals surface area contributed by atoms with Crippen LogP contribution in [0.3, 0.4) is 0 Å². The minimum Gasteiger partial charge on any atom is -0.504 e. The largest absolute Gasteiger partial charge is 0.504 e. The molecule has 1 aliphatic rings. The molecular weight excluding hydrogens is 366 g/mol. The third-order valence-electron chi connectivity index (χ3n) is 4.09. The number of phenolic OH excluding ortho intramolecular Hbond substituents is 2. The molecular formula is C20H19NO5S. The summed E-state index contributed by atoms with van der Waals surface area (Å²) >= 11 is 0.837. The number of hydrogen-bond acceptors (Lipinski definition) is 6. The summed E-state index contributed by atoms with van der Waals surface area (Å²) in [4.78, 5) is 26.0. The van der Waals surface area contributed by atoms with Crippen molar-refractivity contribution in [1.29, 1.82) is 0 Å². The van der Waals surface area contributed by atoms with Crippen molar-refractivity contribution in [2.45, 2.75) is 13.8 Å². The van der Waals surface area contributed by atoms with Crippen molar-refractivity contribution >= 4 is 29.0 Å². The Kier molecular flexibility index (Phi) is 5.41. The summed E-state index contributed by atoms with van der Waals surface area (Å²) in [7, 11) is 0. The van der Waals surface area contributed by atoms with Crippen molar-refractivity contribution in [2.24, 2.45) is 0 Å². The van der Waals surface area contributed by atoms with Gasteiger partial charge in [-0.2, -0.15) is 0 Å². The highest BCUT2D eigenvalue weighted by molar-refractivity contribution is 8.18. The maximum Gasteiger partial charge on any atom is 0.293 e. The van der Waals surface area contributed by atoms with Crippen molar-refractivity contribution in [2.75, 3.05) is 13.2 Å². The van der Waals surface area contributed by atoms with Crippen LogP contribution in [0.15, 0.2) is 41.3 Å². The van der Waals surface area contributed by atoms with Gasteiger partial charge in [-0.3, -0.25) is 14.5 Å². The SMILES string of the molecule is Cc1ccc(C)c(OCCN2C(=O)S/C(=C\c3ccc(O)c(O)c3)C2=O)c1. The molecule has 0 radical (unpaired) electrons. The Morgan fingerprint density at radius 3 is 2.59 bits per heavy atom. The summed E-state index contributed by atoms with van der Waals surface area (Å²) in [6, 6.07) is 10.1. The average Bonchev–Trinajstić information content (AvgIpc) is 2.88. The summed E-state index contributed by atoms with van der Waals surface area (Å²) in [5.74, 6) is -0.201.